The van der Waals surface area contributed by atoms with Gasteiger partial charge in [0.05, 0.1) is 22.1 Å². The fraction of sp³-hybridized carbons (Fsp3) is 0.158. The van der Waals surface area contributed by atoms with Crippen molar-refractivity contribution in [3.63, 3.8) is 0 Å². The van der Waals surface area contributed by atoms with Gasteiger partial charge in [-0.05, 0) is 6.07 Å². The highest BCUT2D eigenvalue weighted by atomic mass is 35.5. The maximum Gasteiger partial charge on any atom is 0.262 e. The van der Waals surface area contributed by atoms with Gasteiger partial charge in [0.1, 0.15) is 11.6 Å². The van der Waals surface area contributed by atoms with Crippen LogP contribution in [0.25, 0.3) is 11.3 Å². The van der Waals surface area contributed by atoms with Gasteiger partial charge in [0.25, 0.3) is 5.91 Å². The molecule has 138 valence electrons. The Kier molecular flexibility index (Phi) is 4.45. The topological polar surface area (TPSA) is 68.2 Å². The quantitative estimate of drug-likeness (QED) is 0.715. The fourth-order valence-corrected chi connectivity index (χ4v) is 3.20. The number of nitrogens with zero attached hydrogens (tertiary/aromatic N) is 2. The molecule has 0 radical (unpaired) electrons. The van der Waals surface area contributed by atoms with Crippen LogP contribution in [0.4, 0.5) is 15.8 Å². The molecule has 0 saturated carbocycles. The Morgan fingerprint density at radius 3 is 3.00 bits per heavy atom. The van der Waals surface area contributed by atoms with E-state index in [4.69, 9.17) is 16.3 Å². The Labute approximate surface area is 159 Å². The van der Waals surface area contributed by atoms with Crippen molar-refractivity contribution in [1.29, 1.82) is 0 Å². The van der Waals surface area contributed by atoms with Crippen LogP contribution in [-0.4, -0.2) is 22.3 Å². The van der Waals surface area contributed by atoms with Gasteiger partial charge < -0.3 is 15.4 Å². The highest BCUT2D eigenvalue weighted by Gasteiger charge is 2.19. The Balaban J connectivity index is 1.60. The summed E-state index contributed by atoms with van der Waals surface area (Å²) in [6.45, 7) is 0.258. The highest BCUT2D eigenvalue weighted by Crippen LogP contribution is 2.34. The first kappa shape index (κ1) is 17.4. The smallest absolute Gasteiger partial charge is 0.262 e. The Morgan fingerprint density at radius 1 is 1.37 bits per heavy atom. The van der Waals surface area contributed by atoms with E-state index in [2.05, 4.69) is 15.7 Å². The maximum atomic E-state index is 14.4. The highest BCUT2D eigenvalue weighted by molar-refractivity contribution is 6.33. The van der Waals surface area contributed by atoms with E-state index in [1.54, 1.807) is 10.7 Å². The zero-order chi connectivity index (χ0) is 19.0. The SMILES string of the molecule is Cn1cc(CNc2cc3c(cc2F)NC(=O)CO3)c(-c2ccccc2Cl)n1. The lowest BCUT2D eigenvalue weighted by atomic mass is 10.1. The molecule has 0 aliphatic carbocycles. The number of fused-ring (bicyclic) bond motifs is 1. The van der Waals surface area contributed by atoms with E-state index in [0.29, 0.717) is 23.0 Å². The summed E-state index contributed by atoms with van der Waals surface area (Å²) in [5.74, 6) is -0.360. The molecule has 0 atom stereocenters. The van der Waals surface area contributed by atoms with Crippen LogP contribution in [0.2, 0.25) is 5.02 Å². The van der Waals surface area contributed by atoms with Gasteiger partial charge >= 0.3 is 0 Å². The van der Waals surface area contributed by atoms with Gasteiger partial charge in [-0.3, -0.25) is 9.48 Å². The second kappa shape index (κ2) is 6.92. The largest absolute Gasteiger partial charge is 0.481 e. The number of aryl methyl sites for hydroxylation is 1. The molecule has 27 heavy (non-hydrogen) atoms. The molecular weight excluding hydrogens is 371 g/mol. The van der Waals surface area contributed by atoms with E-state index in [0.717, 1.165) is 16.8 Å². The number of halogens is 2. The van der Waals surface area contributed by atoms with Gasteiger partial charge in [-0.1, -0.05) is 29.8 Å². The molecule has 1 aromatic heterocycles. The van der Waals surface area contributed by atoms with Gasteiger partial charge in [-0.25, -0.2) is 4.39 Å². The zero-order valence-corrected chi connectivity index (χ0v) is 15.2. The number of hydrogen-bond acceptors (Lipinski definition) is 4. The summed E-state index contributed by atoms with van der Waals surface area (Å²) in [6.07, 6.45) is 1.86. The third kappa shape index (κ3) is 3.46. The fourth-order valence-electron chi connectivity index (χ4n) is 2.97. The second-order valence-corrected chi connectivity index (χ2v) is 6.58. The predicted molar refractivity (Wildman–Crippen MR) is 102 cm³/mol. The molecule has 0 saturated heterocycles. The first-order chi connectivity index (χ1) is 13.0. The molecule has 3 aromatic rings. The minimum atomic E-state index is -0.484. The monoisotopic (exact) mass is 386 g/mol. The third-order valence-electron chi connectivity index (χ3n) is 4.20. The number of carbonyl (C=O) groups is 1. The molecule has 0 spiro atoms. The van der Waals surface area contributed by atoms with Crippen LogP contribution in [0.5, 0.6) is 5.75 Å². The number of nitrogens with one attached hydrogen (secondary N) is 2. The molecule has 0 unspecified atom stereocenters. The molecule has 1 aliphatic heterocycles. The predicted octanol–water partition coefficient (Wildman–Crippen LogP) is 3.82. The van der Waals surface area contributed by atoms with Crippen molar-refractivity contribution in [2.75, 3.05) is 17.2 Å². The van der Waals surface area contributed by atoms with Crippen LogP contribution in [0.15, 0.2) is 42.6 Å². The van der Waals surface area contributed by atoms with E-state index >= 15 is 0 Å². The van der Waals surface area contributed by atoms with E-state index in [1.165, 1.54) is 12.1 Å². The molecule has 4 rings (SSSR count). The number of anilines is 2. The normalized spacial score (nSPS) is 12.9. The van der Waals surface area contributed by atoms with Crippen LogP contribution in [0.3, 0.4) is 0 Å². The number of ether oxygens (including phenoxy) is 1. The molecule has 8 heteroatoms. The van der Waals surface area contributed by atoms with Crippen molar-refractivity contribution in [1.82, 2.24) is 9.78 Å². The molecule has 6 nitrogen and oxygen atoms in total. The first-order valence-electron chi connectivity index (χ1n) is 8.29. The maximum absolute atomic E-state index is 14.4. The van der Waals surface area contributed by atoms with Gasteiger partial charge in [0.15, 0.2) is 6.61 Å². The van der Waals surface area contributed by atoms with Crippen LogP contribution in [0.1, 0.15) is 5.56 Å². The summed E-state index contributed by atoms with van der Waals surface area (Å²) < 4.78 is 21.4. The van der Waals surface area contributed by atoms with E-state index in [9.17, 15) is 9.18 Å². The molecule has 0 bridgehead atoms. The van der Waals surface area contributed by atoms with E-state index in [-0.39, 0.29) is 18.2 Å². The molecule has 1 amide bonds. The minimum absolute atomic E-state index is 0.0860. The Hall–Kier alpha value is -3.06. The van der Waals surface area contributed by atoms with Crippen LogP contribution in [-0.2, 0) is 18.4 Å². The molecule has 2 aromatic carbocycles. The summed E-state index contributed by atoms with van der Waals surface area (Å²) in [4.78, 5) is 11.3. The van der Waals surface area contributed by atoms with Gasteiger partial charge in [-0.15, -0.1) is 0 Å². The Bertz CT molecular complexity index is 1030. The lowest BCUT2D eigenvalue weighted by Crippen LogP contribution is -2.25. The molecule has 2 heterocycles. The van der Waals surface area contributed by atoms with E-state index in [1.807, 2.05) is 31.4 Å². The number of rotatable bonds is 4. The van der Waals surface area contributed by atoms with Crippen LogP contribution < -0.4 is 15.4 Å². The first-order valence-corrected chi connectivity index (χ1v) is 8.66. The van der Waals surface area contributed by atoms with Crippen molar-refractivity contribution in [2.45, 2.75) is 6.54 Å². The summed E-state index contributed by atoms with van der Waals surface area (Å²) in [7, 11) is 1.82. The van der Waals surface area contributed by atoms with E-state index < -0.39 is 5.82 Å². The molecule has 1 aliphatic rings. The minimum Gasteiger partial charge on any atom is -0.481 e. The van der Waals surface area contributed by atoms with Crippen LogP contribution in [0, 0.1) is 5.82 Å². The average Bonchev–Trinajstić information content (AvgIpc) is 3.01. The zero-order valence-electron chi connectivity index (χ0n) is 14.4. The number of benzene rings is 2. The molecule has 2 N–H and O–H groups in total. The lowest BCUT2D eigenvalue weighted by molar-refractivity contribution is -0.118. The molecule has 0 fully saturated rings. The lowest BCUT2D eigenvalue weighted by Gasteiger charge is -2.19. The number of aromatic nitrogens is 2. The van der Waals surface area contributed by atoms with Crippen molar-refractivity contribution in [3.05, 3.63) is 59.0 Å². The van der Waals surface area contributed by atoms with Crippen molar-refractivity contribution in [3.8, 4) is 17.0 Å². The van der Waals surface area contributed by atoms with Gasteiger partial charge in [0.2, 0.25) is 0 Å². The van der Waals surface area contributed by atoms with Gasteiger partial charge in [0, 0.05) is 43.0 Å². The number of amides is 1. The number of carbonyl (C=O) groups excluding carboxylic acids is 1. The average molecular weight is 387 g/mol. The third-order valence-corrected chi connectivity index (χ3v) is 4.53. The van der Waals surface area contributed by atoms with Crippen molar-refractivity contribution < 1.29 is 13.9 Å². The molecular formula is C19H16ClFN4O2. The second-order valence-electron chi connectivity index (χ2n) is 6.18. The summed E-state index contributed by atoms with van der Waals surface area (Å²) in [5, 5.41) is 10.7. The van der Waals surface area contributed by atoms with Crippen LogP contribution >= 0.6 is 11.6 Å². The standard InChI is InChI=1S/C19H16ClFN4O2/c1-25-9-11(19(24-25)12-4-2-3-5-13(12)20)8-22-15-7-17-16(6-14(15)21)23-18(26)10-27-17/h2-7,9,22H,8,10H2,1H3,(H,23,26). The summed E-state index contributed by atoms with van der Waals surface area (Å²) in [5.41, 5.74) is 3.02. The van der Waals surface area contributed by atoms with Crippen molar-refractivity contribution >= 4 is 28.9 Å². The summed E-state index contributed by atoms with van der Waals surface area (Å²) >= 11 is 6.29. The number of hydrogen-bond donors (Lipinski definition) is 2. The van der Waals surface area contributed by atoms with Crippen molar-refractivity contribution in [2.24, 2.45) is 7.05 Å². The van der Waals surface area contributed by atoms with Gasteiger partial charge in [-0.2, -0.15) is 5.10 Å². The Morgan fingerprint density at radius 2 is 2.19 bits per heavy atom. The summed E-state index contributed by atoms with van der Waals surface area (Å²) in [6, 6.07) is 10.2.